The highest BCUT2D eigenvalue weighted by Gasteiger charge is 2.12. The molecule has 1 amide bonds. The minimum absolute atomic E-state index is 0.274. The van der Waals surface area contributed by atoms with E-state index < -0.39 is 0 Å². The molecular formula is C16H18N2O3. The highest BCUT2D eigenvalue weighted by molar-refractivity contribution is 6.05. The van der Waals surface area contributed by atoms with Crippen molar-refractivity contribution >= 4 is 17.3 Å². The van der Waals surface area contributed by atoms with Crippen molar-refractivity contribution in [3.63, 3.8) is 0 Å². The van der Waals surface area contributed by atoms with E-state index in [1.54, 1.807) is 25.3 Å². The van der Waals surface area contributed by atoms with Gasteiger partial charge in [0.2, 0.25) is 0 Å². The minimum Gasteiger partial charge on any atom is -0.497 e. The van der Waals surface area contributed by atoms with Crippen LogP contribution in [0.1, 0.15) is 15.9 Å². The lowest BCUT2D eigenvalue weighted by Gasteiger charge is -2.12. The number of nitrogens with one attached hydrogen (secondary N) is 1. The maximum atomic E-state index is 12.3. The molecular weight excluding hydrogens is 268 g/mol. The molecule has 5 heteroatoms. The average molecular weight is 286 g/mol. The molecule has 3 N–H and O–H groups in total. The summed E-state index contributed by atoms with van der Waals surface area (Å²) in [7, 11) is 3.09. The van der Waals surface area contributed by atoms with Crippen molar-refractivity contribution < 1.29 is 14.3 Å². The van der Waals surface area contributed by atoms with E-state index >= 15 is 0 Å². The second-order valence-corrected chi connectivity index (χ2v) is 4.65. The summed E-state index contributed by atoms with van der Waals surface area (Å²) < 4.78 is 10.4. The van der Waals surface area contributed by atoms with Crippen LogP contribution in [0.15, 0.2) is 36.4 Å². The number of carbonyl (C=O) groups excluding carboxylic acids is 1. The lowest BCUT2D eigenvalue weighted by molar-refractivity contribution is 0.102. The number of amides is 1. The summed E-state index contributed by atoms with van der Waals surface area (Å²) >= 11 is 0. The molecule has 0 heterocycles. The maximum absolute atomic E-state index is 12.3. The molecule has 0 radical (unpaired) electrons. The topological polar surface area (TPSA) is 73.6 Å². The Morgan fingerprint density at radius 1 is 1.10 bits per heavy atom. The molecule has 0 aliphatic rings. The average Bonchev–Trinajstić information content (AvgIpc) is 2.46. The number of nitrogens with two attached hydrogens (primary N) is 1. The van der Waals surface area contributed by atoms with Crippen LogP contribution >= 0.6 is 0 Å². The number of carbonyl (C=O) groups is 1. The first-order valence-corrected chi connectivity index (χ1v) is 6.44. The molecule has 5 nitrogen and oxygen atoms in total. The quantitative estimate of drug-likeness (QED) is 0.848. The van der Waals surface area contributed by atoms with Crippen LogP contribution in [0.5, 0.6) is 11.5 Å². The van der Waals surface area contributed by atoms with E-state index in [1.807, 2.05) is 25.1 Å². The lowest BCUT2D eigenvalue weighted by Crippen LogP contribution is -2.13. The van der Waals surface area contributed by atoms with Crippen molar-refractivity contribution in [2.45, 2.75) is 6.92 Å². The molecule has 0 spiro atoms. The Morgan fingerprint density at radius 3 is 2.52 bits per heavy atom. The molecule has 2 aromatic carbocycles. The second kappa shape index (κ2) is 6.17. The van der Waals surface area contributed by atoms with E-state index in [1.165, 1.54) is 7.11 Å². The summed E-state index contributed by atoms with van der Waals surface area (Å²) in [5.41, 5.74) is 8.30. The smallest absolute Gasteiger partial charge is 0.255 e. The van der Waals surface area contributed by atoms with E-state index in [0.29, 0.717) is 28.4 Å². The van der Waals surface area contributed by atoms with E-state index in [0.717, 1.165) is 5.56 Å². The maximum Gasteiger partial charge on any atom is 0.255 e. The van der Waals surface area contributed by atoms with Crippen LogP contribution < -0.4 is 20.5 Å². The van der Waals surface area contributed by atoms with Gasteiger partial charge < -0.3 is 20.5 Å². The molecule has 2 aromatic rings. The van der Waals surface area contributed by atoms with Gasteiger partial charge in [-0.1, -0.05) is 6.07 Å². The Kier molecular flexibility index (Phi) is 4.33. The number of rotatable bonds is 4. The number of anilines is 2. The zero-order valence-electron chi connectivity index (χ0n) is 12.3. The first-order valence-electron chi connectivity index (χ1n) is 6.44. The molecule has 0 bridgehead atoms. The van der Waals surface area contributed by atoms with Gasteiger partial charge in [0.25, 0.3) is 5.91 Å². The summed E-state index contributed by atoms with van der Waals surface area (Å²) in [5, 5.41) is 2.82. The molecule has 0 aliphatic carbocycles. The fraction of sp³-hybridized carbons (Fsp3) is 0.188. The normalized spacial score (nSPS) is 10.0. The lowest BCUT2D eigenvalue weighted by atomic mass is 10.1. The fourth-order valence-electron chi connectivity index (χ4n) is 1.99. The van der Waals surface area contributed by atoms with Gasteiger partial charge in [0.05, 0.1) is 19.9 Å². The highest BCUT2D eigenvalue weighted by atomic mass is 16.5. The largest absolute Gasteiger partial charge is 0.497 e. The number of benzene rings is 2. The monoisotopic (exact) mass is 286 g/mol. The number of hydrogen-bond acceptors (Lipinski definition) is 4. The van der Waals surface area contributed by atoms with Gasteiger partial charge in [-0.15, -0.1) is 0 Å². The molecule has 0 fully saturated rings. The Bertz CT molecular complexity index is 669. The van der Waals surface area contributed by atoms with Crippen LogP contribution in [0.3, 0.4) is 0 Å². The Labute approximate surface area is 123 Å². The van der Waals surface area contributed by atoms with Gasteiger partial charge in [-0.3, -0.25) is 4.79 Å². The van der Waals surface area contributed by atoms with Gasteiger partial charge in [0.1, 0.15) is 11.5 Å². The molecule has 0 atom stereocenters. The van der Waals surface area contributed by atoms with Crippen molar-refractivity contribution in [3.05, 3.63) is 47.5 Å². The van der Waals surface area contributed by atoms with Crippen LogP contribution in [-0.4, -0.2) is 20.1 Å². The van der Waals surface area contributed by atoms with Gasteiger partial charge in [-0.25, -0.2) is 0 Å². The van der Waals surface area contributed by atoms with Crippen molar-refractivity contribution in [1.82, 2.24) is 0 Å². The molecule has 2 rings (SSSR count). The summed E-state index contributed by atoms with van der Waals surface area (Å²) in [4.78, 5) is 12.3. The van der Waals surface area contributed by atoms with Crippen LogP contribution in [0.2, 0.25) is 0 Å². The first kappa shape index (κ1) is 14.7. The molecule has 110 valence electrons. The predicted octanol–water partition coefficient (Wildman–Crippen LogP) is 2.85. The highest BCUT2D eigenvalue weighted by Crippen LogP contribution is 2.26. The Hall–Kier alpha value is -2.69. The molecule has 0 aromatic heterocycles. The van der Waals surface area contributed by atoms with Crippen molar-refractivity contribution in [3.8, 4) is 11.5 Å². The summed E-state index contributed by atoms with van der Waals surface area (Å²) in [5.74, 6) is 0.866. The Balaban J connectivity index is 2.30. The van der Waals surface area contributed by atoms with Crippen molar-refractivity contribution in [1.29, 1.82) is 0 Å². The minimum atomic E-state index is -0.274. The molecule has 21 heavy (non-hydrogen) atoms. The SMILES string of the molecule is COc1cc(N)cc(C(=O)Nc2cc(C)ccc2OC)c1. The van der Waals surface area contributed by atoms with Gasteiger partial charge in [-0.2, -0.15) is 0 Å². The first-order chi connectivity index (χ1) is 10.0. The van der Waals surface area contributed by atoms with E-state index in [9.17, 15) is 4.79 Å². The molecule has 0 unspecified atom stereocenters. The molecule has 0 saturated carbocycles. The number of ether oxygens (including phenoxy) is 2. The standard InChI is InChI=1S/C16H18N2O3/c1-10-4-5-15(21-3)14(6-10)18-16(19)11-7-12(17)9-13(8-11)20-2/h4-9H,17H2,1-3H3,(H,18,19). The van der Waals surface area contributed by atoms with Crippen LogP contribution in [0, 0.1) is 6.92 Å². The van der Waals surface area contributed by atoms with Crippen LogP contribution in [0.25, 0.3) is 0 Å². The van der Waals surface area contributed by atoms with Gasteiger partial charge in [0.15, 0.2) is 0 Å². The fourth-order valence-corrected chi connectivity index (χ4v) is 1.99. The zero-order valence-corrected chi connectivity index (χ0v) is 12.3. The summed E-state index contributed by atoms with van der Waals surface area (Å²) in [6.45, 7) is 1.94. The molecule has 0 saturated heterocycles. The number of hydrogen-bond donors (Lipinski definition) is 2. The summed E-state index contributed by atoms with van der Waals surface area (Å²) in [6.07, 6.45) is 0. The third kappa shape index (κ3) is 3.45. The number of aryl methyl sites for hydroxylation is 1. The Morgan fingerprint density at radius 2 is 1.86 bits per heavy atom. The van der Waals surface area contributed by atoms with Gasteiger partial charge in [-0.05, 0) is 36.8 Å². The van der Waals surface area contributed by atoms with E-state index in [2.05, 4.69) is 5.32 Å². The zero-order chi connectivity index (χ0) is 15.4. The van der Waals surface area contributed by atoms with Crippen LogP contribution in [-0.2, 0) is 0 Å². The predicted molar refractivity (Wildman–Crippen MR) is 83.1 cm³/mol. The number of methoxy groups -OCH3 is 2. The van der Waals surface area contributed by atoms with Crippen molar-refractivity contribution in [2.75, 3.05) is 25.3 Å². The van der Waals surface area contributed by atoms with Gasteiger partial charge in [0, 0.05) is 17.3 Å². The van der Waals surface area contributed by atoms with Crippen molar-refractivity contribution in [2.24, 2.45) is 0 Å². The summed E-state index contributed by atoms with van der Waals surface area (Å²) in [6, 6.07) is 10.5. The van der Waals surface area contributed by atoms with Gasteiger partial charge >= 0.3 is 0 Å². The third-order valence-electron chi connectivity index (χ3n) is 3.03. The third-order valence-corrected chi connectivity index (χ3v) is 3.03. The molecule has 0 aliphatic heterocycles. The van der Waals surface area contributed by atoms with E-state index in [-0.39, 0.29) is 5.91 Å². The second-order valence-electron chi connectivity index (χ2n) is 4.65. The number of nitrogen functional groups attached to an aromatic ring is 1. The van der Waals surface area contributed by atoms with E-state index in [4.69, 9.17) is 15.2 Å². The van der Waals surface area contributed by atoms with Crippen LogP contribution in [0.4, 0.5) is 11.4 Å².